The van der Waals surface area contributed by atoms with E-state index in [-0.39, 0.29) is 5.82 Å². The van der Waals surface area contributed by atoms with E-state index in [1.54, 1.807) is 30.6 Å². The smallest absolute Gasteiger partial charge is 0.136 e. The van der Waals surface area contributed by atoms with Crippen molar-refractivity contribution in [2.24, 2.45) is 0 Å². The van der Waals surface area contributed by atoms with Gasteiger partial charge in [-0.1, -0.05) is 6.07 Å². The van der Waals surface area contributed by atoms with Crippen LogP contribution >= 0.6 is 11.3 Å². The summed E-state index contributed by atoms with van der Waals surface area (Å²) in [5.74, 6) is 0.229. The van der Waals surface area contributed by atoms with Crippen LogP contribution in [-0.4, -0.2) is 18.6 Å². The lowest BCUT2D eigenvalue weighted by Crippen LogP contribution is -2.12. The molecule has 0 bridgehead atoms. The molecule has 1 aliphatic rings. The average molecular weight is 278 g/mol. The minimum Gasteiger partial charge on any atom is -0.496 e. The second kappa shape index (κ2) is 5.27. The van der Waals surface area contributed by atoms with E-state index in [1.165, 1.54) is 12.5 Å². The van der Waals surface area contributed by atoms with Crippen LogP contribution in [0.15, 0.2) is 23.6 Å². The lowest BCUT2D eigenvalue weighted by molar-refractivity contribution is 0.413. The Morgan fingerprint density at radius 1 is 1.47 bits per heavy atom. The van der Waals surface area contributed by atoms with E-state index in [0.29, 0.717) is 23.0 Å². The molecule has 0 radical (unpaired) electrons. The van der Waals surface area contributed by atoms with Gasteiger partial charge in [0.05, 0.1) is 24.4 Å². The molecule has 2 aromatic rings. The summed E-state index contributed by atoms with van der Waals surface area (Å²) in [7, 11) is 1.55. The van der Waals surface area contributed by atoms with Crippen molar-refractivity contribution in [3.8, 4) is 17.0 Å². The summed E-state index contributed by atoms with van der Waals surface area (Å²) in [6.07, 6.45) is 2.27. The lowest BCUT2D eigenvalue weighted by Gasteiger charge is -2.07. The topological polar surface area (TPSA) is 34.1 Å². The largest absolute Gasteiger partial charge is 0.496 e. The van der Waals surface area contributed by atoms with Gasteiger partial charge < -0.3 is 10.1 Å². The molecule has 3 rings (SSSR count). The molecule has 3 nitrogen and oxygen atoms in total. The molecule has 0 aliphatic carbocycles. The van der Waals surface area contributed by atoms with Crippen molar-refractivity contribution < 1.29 is 9.13 Å². The summed E-state index contributed by atoms with van der Waals surface area (Å²) in [6, 6.07) is 5.15. The molecule has 5 heteroatoms. The molecule has 19 heavy (non-hydrogen) atoms. The van der Waals surface area contributed by atoms with Crippen LogP contribution < -0.4 is 10.1 Å². The second-order valence-corrected chi connectivity index (χ2v) is 5.43. The third kappa shape index (κ3) is 2.35. The highest BCUT2D eigenvalue weighted by atomic mass is 32.1. The van der Waals surface area contributed by atoms with E-state index in [4.69, 9.17) is 4.74 Å². The fourth-order valence-electron chi connectivity index (χ4n) is 2.38. The molecule has 1 atom stereocenters. The van der Waals surface area contributed by atoms with Crippen molar-refractivity contribution in [3.63, 3.8) is 0 Å². The molecule has 1 aliphatic heterocycles. The zero-order valence-electron chi connectivity index (χ0n) is 10.6. The minimum absolute atomic E-state index is 0.296. The Kier molecular flexibility index (Phi) is 3.48. The number of hydrogen-bond acceptors (Lipinski definition) is 4. The third-order valence-electron chi connectivity index (χ3n) is 3.33. The van der Waals surface area contributed by atoms with E-state index >= 15 is 0 Å². The highest BCUT2D eigenvalue weighted by Crippen LogP contribution is 2.35. The first-order valence-corrected chi connectivity index (χ1v) is 7.19. The number of hydrogen-bond donors (Lipinski definition) is 1. The van der Waals surface area contributed by atoms with Crippen LogP contribution in [0.3, 0.4) is 0 Å². The van der Waals surface area contributed by atoms with Crippen molar-refractivity contribution in [1.29, 1.82) is 0 Å². The maximum absolute atomic E-state index is 14.0. The molecule has 1 saturated heterocycles. The molecule has 0 amide bonds. The highest BCUT2D eigenvalue weighted by molar-refractivity contribution is 7.10. The van der Waals surface area contributed by atoms with Crippen LogP contribution in [0.2, 0.25) is 0 Å². The van der Waals surface area contributed by atoms with Crippen molar-refractivity contribution in [2.75, 3.05) is 13.7 Å². The van der Waals surface area contributed by atoms with Gasteiger partial charge in [0.25, 0.3) is 0 Å². The molecular formula is C14H15FN2OS. The standard InChI is InChI=1S/C14H15FN2OS/c1-18-12-6-2-4-9(15)13(12)11-8-19-14(17-11)10-5-3-7-16-10/h2,4,6,8,10,16H,3,5,7H2,1H3. The Bertz CT molecular complexity index is 579. The summed E-state index contributed by atoms with van der Waals surface area (Å²) in [5, 5.41) is 6.33. The monoisotopic (exact) mass is 278 g/mol. The van der Waals surface area contributed by atoms with Crippen LogP contribution in [0.25, 0.3) is 11.3 Å². The number of halogens is 1. The first kappa shape index (κ1) is 12.6. The first-order valence-electron chi connectivity index (χ1n) is 6.31. The summed E-state index contributed by atoms with van der Waals surface area (Å²) in [5.41, 5.74) is 1.11. The van der Waals surface area contributed by atoms with Crippen LogP contribution in [0.4, 0.5) is 4.39 Å². The molecule has 1 N–H and O–H groups in total. The third-order valence-corrected chi connectivity index (χ3v) is 4.29. The van der Waals surface area contributed by atoms with Gasteiger partial charge in [-0.2, -0.15) is 0 Å². The molecule has 1 aromatic carbocycles. The van der Waals surface area contributed by atoms with E-state index < -0.39 is 0 Å². The van der Waals surface area contributed by atoms with Crippen molar-refractivity contribution in [2.45, 2.75) is 18.9 Å². The predicted molar refractivity (Wildman–Crippen MR) is 74.0 cm³/mol. The summed E-state index contributed by atoms with van der Waals surface area (Å²) in [6.45, 7) is 1.03. The Morgan fingerprint density at radius 3 is 3.11 bits per heavy atom. The number of rotatable bonds is 3. The maximum Gasteiger partial charge on any atom is 0.136 e. The number of methoxy groups -OCH3 is 1. The fourth-order valence-corrected chi connectivity index (χ4v) is 3.30. The van der Waals surface area contributed by atoms with Gasteiger partial charge in [0.15, 0.2) is 0 Å². The minimum atomic E-state index is -0.296. The Morgan fingerprint density at radius 2 is 2.37 bits per heavy atom. The Labute approximate surface area is 115 Å². The molecule has 1 aromatic heterocycles. The van der Waals surface area contributed by atoms with Gasteiger partial charge in [0, 0.05) is 5.38 Å². The Hall–Kier alpha value is -1.46. The van der Waals surface area contributed by atoms with Crippen molar-refractivity contribution in [3.05, 3.63) is 34.4 Å². The van der Waals surface area contributed by atoms with E-state index in [1.807, 2.05) is 5.38 Å². The maximum atomic E-state index is 14.0. The van der Waals surface area contributed by atoms with Crippen LogP contribution in [0.1, 0.15) is 23.9 Å². The van der Waals surface area contributed by atoms with Gasteiger partial charge in [0.2, 0.25) is 0 Å². The average Bonchev–Trinajstić information content (AvgIpc) is 3.08. The molecule has 100 valence electrons. The zero-order valence-corrected chi connectivity index (χ0v) is 11.5. The van der Waals surface area contributed by atoms with Crippen molar-refractivity contribution in [1.82, 2.24) is 10.3 Å². The molecule has 1 fully saturated rings. The van der Waals surface area contributed by atoms with Crippen LogP contribution in [0.5, 0.6) is 5.75 Å². The Balaban J connectivity index is 1.98. The lowest BCUT2D eigenvalue weighted by atomic mass is 10.1. The van der Waals surface area contributed by atoms with Gasteiger partial charge in [-0.25, -0.2) is 9.37 Å². The van der Waals surface area contributed by atoms with Gasteiger partial charge in [-0.15, -0.1) is 11.3 Å². The number of aromatic nitrogens is 1. The first-order chi connectivity index (χ1) is 9.29. The normalized spacial score (nSPS) is 18.7. The van der Waals surface area contributed by atoms with Gasteiger partial charge in [-0.3, -0.25) is 0 Å². The van der Waals surface area contributed by atoms with E-state index in [0.717, 1.165) is 18.0 Å². The molecular weight excluding hydrogens is 263 g/mol. The molecule has 2 heterocycles. The van der Waals surface area contributed by atoms with E-state index in [2.05, 4.69) is 10.3 Å². The SMILES string of the molecule is COc1cccc(F)c1-c1csc(C2CCCN2)n1. The van der Waals surface area contributed by atoms with Gasteiger partial charge in [0.1, 0.15) is 16.6 Å². The van der Waals surface area contributed by atoms with Crippen LogP contribution in [0, 0.1) is 5.82 Å². The van der Waals surface area contributed by atoms with Gasteiger partial charge >= 0.3 is 0 Å². The van der Waals surface area contributed by atoms with Crippen LogP contribution in [-0.2, 0) is 0 Å². The summed E-state index contributed by atoms with van der Waals surface area (Å²) < 4.78 is 19.2. The summed E-state index contributed by atoms with van der Waals surface area (Å²) >= 11 is 1.57. The van der Waals surface area contributed by atoms with Gasteiger partial charge in [-0.05, 0) is 31.5 Å². The molecule has 0 spiro atoms. The summed E-state index contributed by atoms with van der Waals surface area (Å²) in [4.78, 5) is 4.57. The second-order valence-electron chi connectivity index (χ2n) is 4.54. The number of nitrogens with zero attached hydrogens (tertiary/aromatic N) is 1. The van der Waals surface area contributed by atoms with Crippen molar-refractivity contribution >= 4 is 11.3 Å². The quantitative estimate of drug-likeness (QED) is 0.934. The number of thiazole rings is 1. The predicted octanol–water partition coefficient (Wildman–Crippen LogP) is 3.38. The van der Waals surface area contributed by atoms with E-state index in [9.17, 15) is 4.39 Å². The number of nitrogens with one attached hydrogen (secondary N) is 1. The zero-order chi connectivity index (χ0) is 13.2. The molecule has 1 unspecified atom stereocenters. The number of ether oxygens (including phenoxy) is 1. The number of benzene rings is 1. The molecule has 0 saturated carbocycles. The highest BCUT2D eigenvalue weighted by Gasteiger charge is 2.21. The fraction of sp³-hybridized carbons (Fsp3) is 0.357.